The Hall–Kier alpha value is -0.0800. The number of aliphatic hydroxyl groups excluding tert-OH is 1. The maximum atomic E-state index is 10.7. The van der Waals surface area contributed by atoms with E-state index in [-0.39, 0.29) is 11.6 Å². The first-order valence-corrected chi connectivity index (χ1v) is 7.17. The molecule has 1 heterocycles. The topological polar surface area (TPSA) is 23.5 Å². The minimum absolute atomic E-state index is 0.0849. The Morgan fingerprint density at radius 1 is 1.12 bits per heavy atom. The van der Waals surface area contributed by atoms with Gasteiger partial charge in [-0.3, -0.25) is 4.90 Å². The normalized spacial score (nSPS) is 25.7. The molecule has 1 N–H and O–H groups in total. The SMILES string of the molecule is CCC(CC)(C(O)C1CCC1)N1CCCC1. The van der Waals surface area contributed by atoms with Gasteiger partial charge in [0, 0.05) is 5.54 Å². The molecule has 1 unspecified atom stereocenters. The van der Waals surface area contributed by atoms with Gasteiger partial charge in [-0.25, -0.2) is 0 Å². The third-order valence-electron chi connectivity index (χ3n) is 5.11. The number of nitrogens with zero attached hydrogens (tertiary/aromatic N) is 1. The van der Waals surface area contributed by atoms with Crippen LogP contribution in [0.2, 0.25) is 0 Å². The average molecular weight is 225 g/mol. The zero-order valence-electron chi connectivity index (χ0n) is 10.9. The van der Waals surface area contributed by atoms with Crippen LogP contribution in [0.1, 0.15) is 58.8 Å². The number of hydrogen-bond donors (Lipinski definition) is 1. The first-order chi connectivity index (χ1) is 7.74. The van der Waals surface area contributed by atoms with E-state index in [0.717, 1.165) is 12.8 Å². The predicted octanol–water partition coefficient (Wildman–Crippen LogP) is 2.80. The number of hydrogen-bond acceptors (Lipinski definition) is 2. The summed E-state index contributed by atoms with van der Waals surface area (Å²) in [5.41, 5.74) is 0.0849. The van der Waals surface area contributed by atoms with Crippen molar-refractivity contribution in [3.8, 4) is 0 Å². The van der Waals surface area contributed by atoms with Crippen LogP contribution < -0.4 is 0 Å². The summed E-state index contributed by atoms with van der Waals surface area (Å²) in [5, 5.41) is 10.7. The zero-order valence-corrected chi connectivity index (χ0v) is 10.9. The highest BCUT2D eigenvalue weighted by Gasteiger charge is 2.45. The Morgan fingerprint density at radius 3 is 2.06 bits per heavy atom. The standard InChI is InChI=1S/C14H27NO/c1-3-14(4-2,15-10-5-6-11-15)13(16)12-8-7-9-12/h12-13,16H,3-11H2,1-2H3. The molecular formula is C14H27NO. The lowest BCUT2D eigenvalue weighted by molar-refractivity contribution is -0.0764. The molecule has 0 aromatic carbocycles. The average Bonchev–Trinajstić information content (AvgIpc) is 2.72. The second-order valence-electron chi connectivity index (χ2n) is 5.64. The van der Waals surface area contributed by atoms with Crippen molar-refractivity contribution >= 4 is 0 Å². The molecule has 1 saturated carbocycles. The van der Waals surface area contributed by atoms with Gasteiger partial charge in [-0.15, -0.1) is 0 Å². The third kappa shape index (κ3) is 1.91. The molecule has 2 fully saturated rings. The molecule has 2 aliphatic rings. The van der Waals surface area contributed by atoms with Crippen LogP contribution in [0.5, 0.6) is 0 Å². The van der Waals surface area contributed by atoms with Crippen molar-refractivity contribution in [3.05, 3.63) is 0 Å². The molecule has 2 heteroatoms. The van der Waals surface area contributed by atoms with Gasteiger partial charge in [0.2, 0.25) is 0 Å². The Balaban J connectivity index is 2.11. The third-order valence-corrected chi connectivity index (χ3v) is 5.11. The second-order valence-corrected chi connectivity index (χ2v) is 5.64. The molecule has 2 rings (SSSR count). The van der Waals surface area contributed by atoms with Crippen molar-refractivity contribution < 1.29 is 5.11 Å². The molecule has 0 amide bonds. The summed E-state index contributed by atoms with van der Waals surface area (Å²) in [7, 11) is 0. The highest BCUT2D eigenvalue weighted by atomic mass is 16.3. The van der Waals surface area contributed by atoms with E-state index in [4.69, 9.17) is 0 Å². The van der Waals surface area contributed by atoms with Crippen LogP contribution in [0.4, 0.5) is 0 Å². The first kappa shape index (κ1) is 12.4. The van der Waals surface area contributed by atoms with E-state index in [2.05, 4.69) is 18.7 Å². The van der Waals surface area contributed by atoms with Gasteiger partial charge in [-0.2, -0.15) is 0 Å². The molecule has 1 aliphatic heterocycles. The summed E-state index contributed by atoms with van der Waals surface area (Å²) >= 11 is 0. The summed E-state index contributed by atoms with van der Waals surface area (Å²) in [6, 6.07) is 0. The van der Waals surface area contributed by atoms with Gasteiger partial charge in [0.15, 0.2) is 0 Å². The molecule has 1 aliphatic carbocycles. The van der Waals surface area contributed by atoms with Gasteiger partial charge >= 0.3 is 0 Å². The molecule has 94 valence electrons. The van der Waals surface area contributed by atoms with Gasteiger partial charge in [0.25, 0.3) is 0 Å². The van der Waals surface area contributed by atoms with Gasteiger partial charge < -0.3 is 5.11 Å². The first-order valence-electron chi connectivity index (χ1n) is 7.17. The molecule has 0 aromatic heterocycles. The Labute approximate surface area is 100 Å². The van der Waals surface area contributed by atoms with Crippen LogP contribution >= 0.6 is 0 Å². The number of rotatable bonds is 5. The van der Waals surface area contributed by atoms with Gasteiger partial charge in [0.05, 0.1) is 6.10 Å². The fourth-order valence-electron chi connectivity index (χ4n) is 3.66. The lowest BCUT2D eigenvalue weighted by Crippen LogP contribution is -2.58. The monoisotopic (exact) mass is 225 g/mol. The van der Waals surface area contributed by atoms with E-state index < -0.39 is 0 Å². The quantitative estimate of drug-likeness (QED) is 0.777. The van der Waals surface area contributed by atoms with Crippen LogP contribution in [-0.2, 0) is 0 Å². The van der Waals surface area contributed by atoms with Crippen LogP contribution in [0, 0.1) is 5.92 Å². The van der Waals surface area contributed by atoms with Crippen molar-refractivity contribution in [2.75, 3.05) is 13.1 Å². The maximum Gasteiger partial charge on any atom is 0.0751 e. The molecule has 0 aromatic rings. The van der Waals surface area contributed by atoms with E-state index >= 15 is 0 Å². The van der Waals surface area contributed by atoms with Crippen LogP contribution in [0.25, 0.3) is 0 Å². The molecule has 1 atom stereocenters. The zero-order chi connectivity index (χ0) is 11.6. The molecule has 2 nitrogen and oxygen atoms in total. The van der Waals surface area contributed by atoms with E-state index in [0.29, 0.717) is 5.92 Å². The minimum atomic E-state index is -0.0886. The minimum Gasteiger partial charge on any atom is -0.391 e. The molecular weight excluding hydrogens is 198 g/mol. The van der Waals surface area contributed by atoms with Crippen LogP contribution in [0.15, 0.2) is 0 Å². The van der Waals surface area contributed by atoms with E-state index in [1.165, 1.54) is 45.2 Å². The lowest BCUT2D eigenvalue weighted by Gasteiger charge is -2.49. The summed E-state index contributed by atoms with van der Waals surface area (Å²) in [6.45, 7) is 6.91. The molecule has 0 bridgehead atoms. The van der Waals surface area contributed by atoms with Gasteiger partial charge in [-0.1, -0.05) is 20.3 Å². The molecule has 1 saturated heterocycles. The number of aliphatic hydroxyl groups is 1. The van der Waals surface area contributed by atoms with Crippen molar-refractivity contribution in [2.24, 2.45) is 5.92 Å². The highest BCUT2D eigenvalue weighted by Crippen LogP contribution is 2.41. The second kappa shape index (κ2) is 5.05. The maximum absolute atomic E-state index is 10.7. The summed E-state index contributed by atoms with van der Waals surface area (Å²) < 4.78 is 0. The predicted molar refractivity (Wildman–Crippen MR) is 67.5 cm³/mol. The van der Waals surface area contributed by atoms with Crippen molar-refractivity contribution in [3.63, 3.8) is 0 Å². The number of likely N-dealkylation sites (tertiary alicyclic amines) is 1. The molecule has 0 spiro atoms. The smallest absolute Gasteiger partial charge is 0.0751 e. The van der Waals surface area contributed by atoms with E-state index in [9.17, 15) is 5.11 Å². The van der Waals surface area contributed by atoms with Gasteiger partial charge in [0.1, 0.15) is 0 Å². The largest absolute Gasteiger partial charge is 0.391 e. The summed E-state index contributed by atoms with van der Waals surface area (Å²) in [6.07, 6.45) is 8.56. The van der Waals surface area contributed by atoms with E-state index in [1.54, 1.807) is 0 Å². The fraction of sp³-hybridized carbons (Fsp3) is 1.00. The lowest BCUT2D eigenvalue weighted by atomic mass is 9.70. The Morgan fingerprint density at radius 2 is 1.69 bits per heavy atom. The van der Waals surface area contributed by atoms with Crippen molar-refractivity contribution in [1.82, 2.24) is 4.90 Å². The van der Waals surface area contributed by atoms with Gasteiger partial charge in [-0.05, 0) is 57.5 Å². The van der Waals surface area contributed by atoms with Crippen LogP contribution in [-0.4, -0.2) is 34.7 Å². The van der Waals surface area contributed by atoms with Crippen LogP contribution in [0.3, 0.4) is 0 Å². The molecule has 0 radical (unpaired) electrons. The highest BCUT2D eigenvalue weighted by molar-refractivity contribution is 5.00. The molecule has 16 heavy (non-hydrogen) atoms. The summed E-state index contributed by atoms with van der Waals surface area (Å²) in [4.78, 5) is 2.58. The van der Waals surface area contributed by atoms with Crippen molar-refractivity contribution in [1.29, 1.82) is 0 Å². The Bertz CT molecular complexity index is 215. The van der Waals surface area contributed by atoms with E-state index in [1.807, 2.05) is 0 Å². The summed E-state index contributed by atoms with van der Waals surface area (Å²) in [5.74, 6) is 0.584. The fourth-order valence-corrected chi connectivity index (χ4v) is 3.66. The van der Waals surface area contributed by atoms with Crippen molar-refractivity contribution in [2.45, 2.75) is 70.4 Å². The Kier molecular flexibility index (Phi) is 3.91.